The molecule has 5 unspecified atom stereocenters. The first kappa shape index (κ1) is 35.1. The molecule has 0 aromatic heterocycles. The molecule has 0 radical (unpaired) electrons. The monoisotopic (exact) mass is 574 g/mol. The predicted molar refractivity (Wildman–Crippen MR) is 153 cm³/mol. The lowest BCUT2D eigenvalue weighted by Gasteiger charge is -2.31. The summed E-state index contributed by atoms with van der Waals surface area (Å²) in [4.78, 5) is 11.6. The van der Waals surface area contributed by atoms with Gasteiger partial charge in [-0.1, -0.05) is 51.5 Å². The molecule has 0 aromatic rings. The number of halogens is 2. The second-order valence-corrected chi connectivity index (χ2v) is 12.1. The summed E-state index contributed by atoms with van der Waals surface area (Å²) in [7, 11) is 0. The van der Waals surface area contributed by atoms with Gasteiger partial charge < -0.3 is 24.4 Å². The Morgan fingerprint density at radius 1 is 1.05 bits per heavy atom. The second kappa shape index (κ2) is 19.2. The summed E-state index contributed by atoms with van der Waals surface area (Å²) < 4.78 is 46.5. The van der Waals surface area contributed by atoms with E-state index in [0.717, 1.165) is 77.0 Å². The highest BCUT2D eigenvalue weighted by Crippen LogP contribution is 2.43. The van der Waals surface area contributed by atoms with Gasteiger partial charge in [-0.15, -0.1) is 0 Å². The summed E-state index contributed by atoms with van der Waals surface area (Å²) in [6.45, 7) is 6.35. The molecule has 0 aromatic carbocycles. The molecule has 0 amide bonds. The van der Waals surface area contributed by atoms with E-state index in [1.165, 1.54) is 6.08 Å². The first-order valence-corrected chi connectivity index (χ1v) is 16.0. The molecule has 0 spiro atoms. The van der Waals surface area contributed by atoms with Crippen LogP contribution in [0.25, 0.3) is 0 Å². The molecule has 8 heteroatoms. The van der Waals surface area contributed by atoms with Gasteiger partial charge in [0, 0.05) is 25.5 Å². The Balaban J connectivity index is 1.85. The van der Waals surface area contributed by atoms with E-state index in [0.29, 0.717) is 25.9 Å². The fourth-order valence-corrected chi connectivity index (χ4v) is 6.09. The number of hydrogen-bond donors (Lipinski definition) is 2. The van der Waals surface area contributed by atoms with Gasteiger partial charge in [-0.05, 0) is 83.5 Å². The highest BCUT2D eigenvalue weighted by Gasteiger charge is 2.45. The van der Waals surface area contributed by atoms with Crippen molar-refractivity contribution in [2.75, 3.05) is 6.61 Å². The zero-order chi connectivity index (χ0) is 29.4. The summed E-state index contributed by atoms with van der Waals surface area (Å²) in [6.07, 6.45) is 12.5. The number of unbranched alkanes of at least 4 members (excludes halogenated alkanes) is 7. The fraction of sp³-hybridized carbons (Fsp3) is 0.906. The first-order chi connectivity index (χ1) is 19.1. The first-order valence-electron chi connectivity index (χ1n) is 16.0. The lowest BCUT2D eigenvalue weighted by Crippen LogP contribution is -2.36. The minimum Gasteiger partial charge on any atom is -0.460 e. The number of aliphatic hydroxyl groups excluding tert-OH is 2. The molecule has 0 bridgehead atoms. The van der Waals surface area contributed by atoms with Crippen molar-refractivity contribution in [1.29, 1.82) is 0 Å². The SMILES string of the molecule is CCCCCCC(F)(F)C(O)CC[C@H]1C(OC2CCCCO2)CC(O)C1CCCCCCC=CC(=O)OC(C)C. The highest BCUT2D eigenvalue weighted by molar-refractivity contribution is 5.81. The molecule has 2 aliphatic rings. The Hall–Kier alpha value is -1.09. The van der Waals surface area contributed by atoms with Crippen LogP contribution in [-0.2, 0) is 19.0 Å². The molecule has 6 atom stereocenters. The van der Waals surface area contributed by atoms with Gasteiger partial charge in [-0.2, -0.15) is 0 Å². The van der Waals surface area contributed by atoms with Gasteiger partial charge in [-0.3, -0.25) is 0 Å². The molecular weight excluding hydrogens is 518 g/mol. The van der Waals surface area contributed by atoms with Crippen molar-refractivity contribution in [3.05, 3.63) is 12.2 Å². The molecule has 1 heterocycles. The van der Waals surface area contributed by atoms with E-state index in [4.69, 9.17) is 14.2 Å². The topological polar surface area (TPSA) is 85.2 Å². The van der Waals surface area contributed by atoms with Crippen LogP contribution < -0.4 is 0 Å². The Kier molecular flexibility index (Phi) is 16.8. The summed E-state index contributed by atoms with van der Waals surface area (Å²) in [5.41, 5.74) is 0. The third kappa shape index (κ3) is 13.3. The maximum atomic E-state index is 14.7. The number of allylic oxidation sites excluding steroid dienone is 1. The lowest BCUT2D eigenvalue weighted by molar-refractivity contribution is -0.197. The van der Waals surface area contributed by atoms with Crippen molar-refractivity contribution in [2.45, 2.75) is 167 Å². The Morgan fingerprint density at radius 3 is 2.50 bits per heavy atom. The summed E-state index contributed by atoms with van der Waals surface area (Å²) in [5.74, 6) is -3.53. The number of carbonyl (C=O) groups is 1. The fourth-order valence-electron chi connectivity index (χ4n) is 6.09. The highest BCUT2D eigenvalue weighted by atomic mass is 19.3. The molecule has 40 heavy (non-hydrogen) atoms. The number of ether oxygens (including phenoxy) is 3. The van der Waals surface area contributed by atoms with Gasteiger partial charge >= 0.3 is 5.97 Å². The van der Waals surface area contributed by atoms with Crippen molar-refractivity contribution in [3.8, 4) is 0 Å². The van der Waals surface area contributed by atoms with Crippen molar-refractivity contribution in [1.82, 2.24) is 0 Å². The maximum Gasteiger partial charge on any atom is 0.330 e. The quantitative estimate of drug-likeness (QED) is 0.0890. The van der Waals surface area contributed by atoms with E-state index in [1.807, 2.05) is 26.8 Å². The largest absolute Gasteiger partial charge is 0.460 e. The van der Waals surface area contributed by atoms with Crippen LogP contribution >= 0.6 is 0 Å². The van der Waals surface area contributed by atoms with E-state index in [1.54, 1.807) is 0 Å². The van der Waals surface area contributed by atoms with E-state index in [9.17, 15) is 23.8 Å². The summed E-state index contributed by atoms with van der Waals surface area (Å²) in [5, 5.41) is 21.4. The van der Waals surface area contributed by atoms with Crippen LogP contribution in [-0.4, -0.2) is 59.4 Å². The van der Waals surface area contributed by atoms with Crippen LogP contribution in [0, 0.1) is 11.8 Å². The van der Waals surface area contributed by atoms with Crippen molar-refractivity contribution in [3.63, 3.8) is 0 Å². The number of hydrogen-bond acceptors (Lipinski definition) is 6. The number of esters is 1. The molecule has 6 nitrogen and oxygen atoms in total. The van der Waals surface area contributed by atoms with Gasteiger partial charge in [0.15, 0.2) is 6.29 Å². The molecule has 2 rings (SSSR count). The predicted octanol–water partition coefficient (Wildman–Crippen LogP) is 7.49. The number of carbonyl (C=O) groups excluding carboxylic acids is 1. The molecule has 1 saturated carbocycles. The average molecular weight is 575 g/mol. The molecule has 2 fully saturated rings. The van der Waals surface area contributed by atoms with Crippen LogP contribution in [0.3, 0.4) is 0 Å². The third-order valence-corrected chi connectivity index (χ3v) is 8.35. The van der Waals surface area contributed by atoms with E-state index in [-0.39, 0.29) is 49.1 Å². The zero-order valence-electron chi connectivity index (χ0n) is 25.2. The molecule has 1 aliphatic carbocycles. The van der Waals surface area contributed by atoms with Crippen LogP contribution in [0.1, 0.15) is 130 Å². The minimum absolute atomic E-state index is 0.00558. The maximum absolute atomic E-state index is 14.7. The van der Waals surface area contributed by atoms with E-state index < -0.39 is 18.1 Å². The minimum atomic E-state index is -3.09. The Labute approximate surface area is 241 Å². The number of aliphatic hydroxyl groups is 2. The smallest absolute Gasteiger partial charge is 0.330 e. The standard InChI is InChI=1S/C32H56F2O6/c1-4-5-6-14-21-32(33,34)29(36)20-19-26-25(27(35)23-28(26)40-31-18-13-15-22-38-31)16-11-9-7-8-10-12-17-30(37)39-24(2)3/h12,17,24-29,31,35-36H,4-11,13-16,18-23H2,1-3H3/t25?,26-,27?,28?,29?,31?/m1/s1. The van der Waals surface area contributed by atoms with Crippen LogP contribution in [0.15, 0.2) is 12.2 Å². The lowest BCUT2D eigenvalue weighted by atomic mass is 9.84. The zero-order valence-corrected chi connectivity index (χ0v) is 25.2. The van der Waals surface area contributed by atoms with Gasteiger partial charge in [-0.25, -0.2) is 13.6 Å². The van der Waals surface area contributed by atoms with Crippen LogP contribution in [0.4, 0.5) is 8.78 Å². The van der Waals surface area contributed by atoms with Gasteiger partial charge in [0.25, 0.3) is 5.92 Å². The molecule has 1 aliphatic heterocycles. The Morgan fingerprint density at radius 2 is 1.80 bits per heavy atom. The van der Waals surface area contributed by atoms with Crippen molar-refractivity contribution in [2.24, 2.45) is 11.8 Å². The average Bonchev–Trinajstić information content (AvgIpc) is 3.20. The summed E-state index contributed by atoms with van der Waals surface area (Å²) >= 11 is 0. The molecule has 234 valence electrons. The second-order valence-electron chi connectivity index (χ2n) is 12.1. The summed E-state index contributed by atoms with van der Waals surface area (Å²) in [6, 6.07) is 0. The normalized spacial score (nSPS) is 26.6. The van der Waals surface area contributed by atoms with Crippen molar-refractivity contribution < 1.29 is 38.0 Å². The van der Waals surface area contributed by atoms with Crippen molar-refractivity contribution >= 4 is 5.97 Å². The van der Waals surface area contributed by atoms with Gasteiger partial charge in [0.1, 0.15) is 6.10 Å². The molecular formula is C32H56F2O6. The van der Waals surface area contributed by atoms with Gasteiger partial charge in [0.05, 0.1) is 18.3 Å². The Bertz CT molecular complexity index is 710. The van der Waals surface area contributed by atoms with Gasteiger partial charge in [0.2, 0.25) is 0 Å². The van der Waals surface area contributed by atoms with E-state index >= 15 is 0 Å². The number of alkyl halides is 2. The van der Waals surface area contributed by atoms with Crippen LogP contribution in [0.2, 0.25) is 0 Å². The van der Waals surface area contributed by atoms with E-state index in [2.05, 4.69) is 0 Å². The molecule has 2 N–H and O–H groups in total. The number of rotatable bonds is 20. The molecule has 1 saturated heterocycles. The van der Waals surface area contributed by atoms with Crippen LogP contribution in [0.5, 0.6) is 0 Å². The third-order valence-electron chi connectivity index (χ3n) is 8.35.